The van der Waals surface area contributed by atoms with Gasteiger partial charge in [0.05, 0.1) is 6.54 Å². The zero-order valence-electron chi connectivity index (χ0n) is 10.6. The average molecular weight is 275 g/mol. The van der Waals surface area contributed by atoms with E-state index in [-0.39, 0.29) is 12.6 Å². The molecule has 1 aromatic heterocycles. The SMILES string of the molecule is Cc1ccc(CN(C(C)C)S(=O)(=O)CC(=O)O)o1. The number of carboxylic acid groups (broad SMARTS) is 1. The van der Waals surface area contributed by atoms with Gasteiger partial charge in [-0.05, 0) is 32.9 Å². The minimum absolute atomic E-state index is 0.0428. The van der Waals surface area contributed by atoms with Crippen LogP contribution in [0.15, 0.2) is 16.5 Å². The predicted molar refractivity (Wildman–Crippen MR) is 65.5 cm³/mol. The molecule has 0 amide bonds. The van der Waals surface area contributed by atoms with E-state index < -0.39 is 21.7 Å². The summed E-state index contributed by atoms with van der Waals surface area (Å²) in [4.78, 5) is 10.6. The normalized spacial score (nSPS) is 12.3. The molecule has 0 spiro atoms. The van der Waals surface area contributed by atoms with Crippen molar-refractivity contribution in [2.24, 2.45) is 0 Å². The van der Waals surface area contributed by atoms with E-state index in [0.717, 1.165) is 4.31 Å². The highest BCUT2D eigenvalue weighted by Crippen LogP contribution is 2.15. The summed E-state index contributed by atoms with van der Waals surface area (Å²) in [6, 6.07) is 3.08. The van der Waals surface area contributed by atoms with Gasteiger partial charge in [0.15, 0.2) is 5.75 Å². The summed E-state index contributed by atoms with van der Waals surface area (Å²) in [5.74, 6) is -1.10. The van der Waals surface area contributed by atoms with Gasteiger partial charge >= 0.3 is 5.97 Å². The molecule has 1 heterocycles. The van der Waals surface area contributed by atoms with Gasteiger partial charge in [-0.15, -0.1) is 0 Å². The van der Waals surface area contributed by atoms with Gasteiger partial charge in [-0.25, -0.2) is 8.42 Å². The van der Waals surface area contributed by atoms with Crippen LogP contribution in [0.1, 0.15) is 25.4 Å². The van der Waals surface area contributed by atoms with Crippen LogP contribution < -0.4 is 0 Å². The second-order valence-electron chi connectivity index (χ2n) is 4.30. The fraction of sp³-hybridized carbons (Fsp3) is 0.545. The van der Waals surface area contributed by atoms with Crippen LogP contribution in [0, 0.1) is 6.92 Å². The number of aliphatic carboxylic acids is 1. The van der Waals surface area contributed by atoms with Crippen LogP contribution in [-0.4, -0.2) is 35.6 Å². The van der Waals surface area contributed by atoms with Crippen molar-refractivity contribution in [2.45, 2.75) is 33.4 Å². The Kier molecular flexibility index (Phi) is 4.53. The van der Waals surface area contributed by atoms with E-state index in [2.05, 4.69) is 0 Å². The molecule has 1 N–H and O–H groups in total. The maximum absolute atomic E-state index is 11.9. The lowest BCUT2D eigenvalue weighted by molar-refractivity contribution is -0.134. The van der Waals surface area contributed by atoms with Crippen molar-refractivity contribution in [1.82, 2.24) is 4.31 Å². The van der Waals surface area contributed by atoms with Crippen LogP contribution >= 0.6 is 0 Å². The first-order valence-electron chi connectivity index (χ1n) is 5.49. The second kappa shape index (κ2) is 5.53. The van der Waals surface area contributed by atoms with Gasteiger partial charge < -0.3 is 9.52 Å². The molecular weight excluding hydrogens is 258 g/mol. The molecule has 1 rings (SSSR count). The molecule has 0 aliphatic heterocycles. The summed E-state index contributed by atoms with van der Waals surface area (Å²) < 4.78 is 30.2. The highest BCUT2D eigenvalue weighted by atomic mass is 32.2. The maximum Gasteiger partial charge on any atom is 0.320 e. The van der Waals surface area contributed by atoms with Crippen LogP contribution in [-0.2, 0) is 21.4 Å². The molecule has 0 saturated carbocycles. The van der Waals surface area contributed by atoms with Crippen molar-refractivity contribution < 1.29 is 22.7 Å². The van der Waals surface area contributed by atoms with E-state index in [1.165, 1.54) is 0 Å². The number of hydrogen-bond acceptors (Lipinski definition) is 4. The standard InChI is InChI=1S/C11H17NO5S/c1-8(2)12(18(15,16)7-11(13)14)6-10-5-4-9(3)17-10/h4-5,8H,6-7H2,1-3H3,(H,13,14). The number of rotatable bonds is 6. The smallest absolute Gasteiger partial charge is 0.320 e. The molecule has 0 unspecified atom stereocenters. The number of hydrogen-bond donors (Lipinski definition) is 1. The van der Waals surface area contributed by atoms with Gasteiger partial charge in [0.2, 0.25) is 10.0 Å². The van der Waals surface area contributed by atoms with E-state index in [9.17, 15) is 13.2 Å². The Morgan fingerprint density at radius 2 is 2.06 bits per heavy atom. The average Bonchev–Trinajstić information content (AvgIpc) is 2.57. The zero-order valence-corrected chi connectivity index (χ0v) is 11.4. The van der Waals surface area contributed by atoms with Crippen molar-refractivity contribution in [1.29, 1.82) is 0 Å². The van der Waals surface area contributed by atoms with Crippen molar-refractivity contribution in [3.05, 3.63) is 23.7 Å². The molecule has 7 heteroatoms. The Morgan fingerprint density at radius 3 is 2.44 bits per heavy atom. The minimum atomic E-state index is -3.84. The lowest BCUT2D eigenvalue weighted by atomic mass is 10.3. The molecule has 0 fully saturated rings. The number of carbonyl (C=O) groups is 1. The molecule has 6 nitrogen and oxygen atoms in total. The van der Waals surface area contributed by atoms with E-state index in [0.29, 0.717) is 11.5 Å². The molecule has 0 aliphatic rings. The number of nitrogens with zero attached hydrogens (tertiary/aromatic N) is 1. The first-order chi connectivity index (χ1) is 8.22. The molecular formula is C11H17NO5S. The zero-order chi connectivity index (χ0) is 13.9. The van der Waals surface area contributed by atoms with E-state index in [4.69, 9.17) is 9.52 Å². The van der Waals surface area contributed by atoms with Crippen LogP contribution in [0.2, 0.25) is 0 Å². The van der Waals surface area contributed by atoms with Crippen LogP contribution in [0.5, 0.6) is 0 Å². The topological polar surface area (TPSA) is 87.8 Å². The third kappa shape index (κ3) is 3.85. The molecule has 0 aromatic carbocycles. The number of furan rings is 1. The number of aryl methyl sites for hydroxylation is 1. The molecule has 0 saturated heterocycles. The third-order valence-electron chi connectivity index (χ3n) is 2.35. The van der Waals surface area contributed by atoms with E-state index in [1.54, 1.807) is 32.9 Å². The van der Waals surface area contributed by atoms with Gasteiger partial charge in [0.1, 0.15) is 11.5 Å². The highest BCUT2D eigenvalue weighted by molar-refractivity contribution is 7.89. The summed E-state index contributed by atoms with van der Waals surface area (Å²) >= 11 is 0. The van der Waals surface area contributed by atoms with E-state index in [1.807, 2.05) is 0 Å². The Bertz CT molecular complexity index is 517. The summed E-state index contributed by atoms with van der Waals surface area (Å²) in [5.41, 5.74) is 0. The first kappa shape index (κ1) is 14.7. The summed E-state index contributed by atoms with van der Waals surface area (Å²) in [7, 11) is -3.84. The van der Waals surface area contributed by atoms with Gasteiger partial charge in [0.25, 0.3) is 0 Å². The molecule has 0 aliphatic carbocycles. The van der Waals surface area contributed by atoms with Crippen LogP contribution in [0.3, 0.4) is 0 Å². The molecule has 1 aromatic rings. The summed E-state index contributed by atoms with van der Waals surface area (Å²) in [6.07, 6.45) is 0. The molecule has 18 heavy (non-hydrogen) atoms. The van der Waals surface area contributed by atoms with Gasteiger partial charge in [-0.3, -0.25) is 4.79 Å². The van der Waals surface area contributed by atoms with Crippen molar-refractivity contribution in [2.75, 3.05) is 5.75 Å². The first-order valence-corrected chi connectivity index (χ1v) is 7.10. The Hall–Kier alpha value is -1.34. The Morgan fingerprint density at radius 1 is 1.44 bits per heavy atom. The molecule has 0 atom stereocenters. The molecule has 0 radical (unpaired) electrons. The summed E-state index contributed by atoms with van der Waals surface area (Å²) in [5, 5.41) is 8.62. The lowest BCUT2D eigenvalue weighted by Gasteiger charge is -2.24. The van der Waals surface area contributed by atoms with Crippen LogP contribution in [0.4, 0.5) is 0 Å². The highest BCUT2D eigenvalue weighted by Gasteiger charge is 2.28. The fourth-order valence-electron chi connectivity index (χ4n) is 1.56. The van der Waals surface area contributed by atoms with Gasteiger partial charge in [-0.1, -0.05) is 0 Å². The Labute approximate surface area is 106 Å². The van der Waals surface area contributed by atoms with Gasteiger partial charge in [0, 0.05) is 6.04 Å². The van der Waals surface area contributed by atoms with Gasteiger partial charge in [-0.2, -0.15) is 4.31 Å². The largest absolute Gasteiger partial charge is 0.480 e. The monoisotopic (exact) mass is 275 g/mol. The number of sulfonamides is 1. The second-order valence-corrected chi connectivity index (χ2v) is 6.22. The number of carboxylic acids is 1. The van der Waals surface area contributed by atoms with Crippen molar-refractivity contribution in [3.63, 3.8) is 0 Å². The third-order valence-corrected chi connectivity index (χ3v) is 4.22. The van der Waals surface area contributed by atoms with Crippen LogP contribution in [0.25, 0.3) is 0 Å². The summed E-state index contributed by atoms with van der Waals surface area (Å²) in [6.45, 7) is 5.18. The maximum atomic E-state index is 11.9. The predicted octanol–water partition coefficient (Wildman–Crippen LogP) is 1.21. The van der Waals surface area contributed by atoms with Crippen molar-refractivity contribution >= 4 is 16.0 Å². The molecule has 102 valence electrons. The van der Waals surface area contributed by atoms with Crippen molar-refractivity contribution in [3.8, 4) is 0 Å². The Balaban J connectivity index is 2.93. The van der Waals surface area contributed by atoms with E-state index >= 15 is 0 Å². The fourth-order valence-corrected chi connectivity index (χ4v) is 3.01. The minimum Gasteiger partial charge on any atom is -0.480 e. The lowest BCUT2D eigenvalue weighted by Crippen LogP contribution is -2.39. The molecule has 0 bridgehead atoms. The quantitative estimate of drug-likeness (QED) is 0.843.